The van der Waals surface area contributed by atoms with Crippen LogP contribution in [0.5, 0.6) is 0 Å². The lowest BCUT2D eigenvalue weighted by Crippen LogP contribution is -2.09. The molecule has 2 rings (SSSR count). The van der Waals surface area contributed by atoms with Crippen LogP contribution < -0.4 is 0 Å². The molecule has 0 aromatic heterocycles. The van der Waals surface area contributed by atoms with Crippen molar-refractivity contribution in [3.63, 3.8) is 0 Å². The smallest absolute Gasteiger partial charge is 0.199 e. The fourth-order valence-corrected chi connectivity index (χ4v) is 1.66. The van der Waals surface area contributed by atoms with E-state index in [0.29, 0.717) is 11.6 Å². The van der Waals surface area contributed by atoms with Gasteiger partial charge in [0.1, 0.15) is 5.82 Å². The first-order chi connectivity index (χ1) is 8.91. The van der Waals surface area contributed by atoms with Crippen LogP contribution in [0.2, 0.25) is 0 Å². The summed E-state index contributed by atoms with van der Waals surface area (Å²) in [6.45, 7) is 1.62. The van der Waals surface area contributed by atoms with Crippen molar-refractivity contribution < 1.29 is 22.4 Å². The zero-order valence-electron chi connectivity index (χ0n) is 9.81. The summed E-state index contributed by atoms with van der Waals surface area (Å²) in [5.74, 6) is -6.65. The number of carbonyl (C=O) groups excluding carboxylic acids is 1. The molecule has 0 fully saturated rings. The third-order valence-corrected chi connectivity index (χ3v) is 2.65. The normalized spacial score (nSPS) is 10.6. The van der Waals surface area contributed by atoms with Crippen LogP contribution in [0.1, 0.15) is 21.5 Å². The monoisotopic (exact) mass is 268 g/mol. The topological polar surface area (TPSA) is 17.1 Å². The summed E-state index contributed by atoms with van der Waals surface area (Å²) in [6, 6.07) is 5.13. The van der Waals surface area contributed by atoms with Crippen molar-refractivity contribution in [1.29, 1.82) is 0 Å². The number of aryl methyl sites for hydroxylation is 1. The molecule has 0 atom stereocenters. The number of carbonyl (C=O) groups is 1. The lowest BCUT2D eigenvalue weighted by atomic mass is 10.0. The van der Waals surface area contributed by atoms with E-state index >= 15 is 0 Å². The van der Waals surface area contributed by atoms with Gasteiger partial charge >= 0.3 is 0 Å². The third kappa shape index (κ3) is 2.36. The van der Waals surface area contributed by atoms with Gasteiger partial charge in [0.25, 0.3) is 0 Å². The summed E-state index contributed by atoms with van der Waals surface area (Å²) in [4.78, 5) is 11.9. The number of halogens is 4. The summed E-state index contributed by atoms with van der Waals surface area (Å²) in [7, 11) is 0. The van der Waals surface area contributed by atoms with E-state index in [1.165, 1.54) is 12.1 Å². The molecule has 0 aliphatic rings. The molecule has 5 heteroatoms. The summed E-state index contributed by atoms with van der Waals surface area (Å²) in [6.07, 6.45) is 0. The van der Waals surface area contributed by atoms with E-state index in [-0.39, 0.29) is 5.56 Å². The van der Waals surface area contributed by atoms with Crippen LogP contribution >= 0.6 is 0 Å². The second-order valence-corrected chi connectivity index (χ2v) is 4.04. The van der Waals surface area contributed by atoms with E-state index in [2.05, 4.69) is 0 Å². The van der Waals surface area contributed by atoms with Gasteiger partial charge in [-0.05, 0) is 31.2 Å². The van der Waals surface area contributed by atoms with Crippen molar-refractivity contribution >= 4 is 5.78 Å². The van der Waals surface area contributed by atoms with Crippen molar-refractivity contribution in [3.8, 4) is 0 Å². The van der Waals surface area contributed by atoms with Gasteiger partial charge in [0.05, 0.1) is 11.1 Å². The fourth-order valence-electron chi connectivity index (χ4n) is 1.66. The molecule has 1 nitrogen and oxygen atoms in total. The van der Waals surface area contributed by atoms with Crippen molar-refractivity contribution in [3.05, 3.63) is 70.3 Å². The standard InChI is InChI=1S/C14H8F4O/c1-7-2-4-10(15)9(6-7)14(19)8-3-5-11(16)13(18)12(8)17/h2-6H,1H3. The van der Waals surface area contributed by atoms with E-state index in [1.807, 2.05) is 0 Å². The quantitative estimate of drug-likeness (QED) is 0.460. The summed E-state index contributed by atoms with van der Waals surface area (Å²) < 4.78 is 52.8. The molecule has 0 radical (unpaired) electrons. The Hall–Kier alpha value is -2.17. The van der Waals surface area contributed by atoms with Crippen LogP contribution in [0.3, 0.4) is 0 Å². The minimum Gasteiger partial charge on any atom is -0.288 e. The molecule has 0 N–H and O–H groups in total. The third-order valence-electron chi connectivity index (χ3n) is 2.65. The lowest BCUT2D eigenvalue weighted by Gasteiger charge is -2.06. The maximum absolute atomic E-state index is 13.5. The highest BCUT2D eigenvalue weighted by Crippen LogP contribution is 2.20. The number of rotatable bonds is 2. The number of ketones is 1. The Kier molecular flexibility index (Phi) is 3.38. The van der Waals surface area contributed by atoms with Crippen LogP contribution in [0, 0.1) is 30.2 Å². The van der Waals surface area contributed by atoms with Crippen molar-refractivity contribution in [2.45, 2.75) is 6.92 Å². The highest BCUT2D eigenvalue weighted by Gasteiger charge is 2.22. The lowest BCUT2D eigenvalue weighted by molar-refractivity contribution is 0.103. The summed E-state index contributed by atoms with van der Waals surface area (Å²) in [5.41, 5.74) is -0.499. The van der Waals surface area contributed by atoms with E-state index in [4.69, 9.17) is 0 Å². The molecule has 0 saturated carbocycles. The predicted molar refractivity (Wildman–Crippen MR) is 60.9 cm³/mol. The molecule has 0 saturated heterocycles. The van der Waals surface area contributed by atoms with E-state index in [9.17, 15) is 22.4 Å². The first-order valence-corrected chi connectivity index (χ1v) is 5.36. The molecule has 0 bridgehead atoms. The maximum atomic E-state index is 13.5. The minimum atomic E-state index is -1.75. The number of benzene rings is 2. The Morgan fingerprint density at radius 3 is 2.16 bits per heavy atom. The average Bonchev–Trinajstić information content (AvgIpc) is 2.38. The van der Waals surface area contributed by atoms with Gasteiger partial charge < -0.3 is 0 Å². The average molecular weight is 268 g/mol. The minimum absolute atomic E-state index is 0.384. The van der Waals surface area contributed by atoms with E-state index in [1.54, 1.807) is 6.92 Å². The molecule has 2 aromatic carbocycles. The highest BCUT2D eigenvalue weighted by molar-refractivity contribution is 6.09. The molecule has 0 aliphatic heterocycles. The number of hydrogen-bond acceptors (Lipinski definition) is 1. The van der Waals surface area contributed by atoms with Gasteiger partial charge in [-0.15, -0.1) is 0 Å². The highest BCUT2D eigenvalue weighted by atomic mass is 19.2. The van der Waals surface area contributed by atoms with E-state index < -0.39 is 34.6 Å². The summed E-state index contributed by atoms with van der Waals surface area (Å²) in [5, 5.41) is 0. The Balaban J connectivity index is 2.56. The van der Waals surface area contributed by atoms with Crippen molar-refractivity contribution in [1.82, 2.24) is 0 Å². The van der Waals surface area contributed by atoms with Gasteiger partial charge in [0.2, 0.25) is 0 Å². The molecule has 98 valence electrons. The van der Waals surface area contributed by atoms with Crippen molar-refractivity contribution in [2.24, 2.45) is 0 Å². The SMILES string of the molecule is Cc1ccc(F)c(C(=O)c2ccc(F)c(F)c2F)c1. The molecule has 19 heavy (non-hydrogen) atoms. The Bertz CT molecular complexity index is 665. The van der Waals surface area contributed by atoms with Crippen LogP contribution in [-0.4, -0.2) is 5.78 Å². The molecule has 2 aromatic rings. The van der Waals surface area contributed by atoms with Gasteiger partial charge in [-0.2, -0.15) is 0 Å². The van der Waals surface area contributed by atoms with Crippen LogP contribution in [0.4, 0.5) is 17.6 Å². The maximum Gasteiger partial charge on any atom is 0.199 e. The van der Waals surface area contributed by atoms with Gasteiger partial charge in [0, 0.05) is 0 Å². The second-order valence-electron chi connectivity index (χ2n) is 4.04. The van der Waals surface area contributed by atoms with Crippen LogP contribution in [-0.2, 0) is 0 Å². The predicted octanol–water partition coefficient (Wildman–Crippen LogP) is 3.78. The Morgan fingerprint density at radius 1 is 0.842 bits per heavy atom. The molecule has 0 unspecified atom stereocenters. The number of hydrogen-bond donors (Lipinski definition) is 0. The first kappa shape index (κ1) is 13.3. The molecular formula is C14H8F4O. The molecule has 0 aliphatic carbocycles. The van der Waals surface area contributed by atoms with Crippen LogP contribution in [0.15, 0.2) is 30.3 Å². The zero-order chi connectivity index (χ0) is 14.2. The Morgan fingerprint density at radius 2 is 1.47 bits per heavy atom. The zero-order valence-corrected chi connectivity index (χ0v) is 9.81. The second kappa shape index (κ2) is 4.84. The van der Waals surface area contributed by atoms with Crippen molar-refractivity contribution in [2.75, 3.05) is 0 Å². The molecular weight excluding hydrogens is 260 g/mol. The van der Waals surface area contributed by atoms with Gasteiger partial charge in [-0.3, -0.25) is 4.79 Å². The fraction of sp³-hybridized carbons (Fsp3) is 0.0714. The summed E-state index contributed by atoms with van der Waals surface area (Å²) >= 11 is 0. The van der Waals surface area contributed by atoms with Gasteiger partial charge in [-0.1, -0.05) is 11.6 Å². The first-order valence-electron chi connectivity index (χ1n) is 5.36. The Labute approximate surface area is 106 Å². The molecule has 0 spiro atoms. The largest absolute Gasteiger partial charge is 0.288 e. The molecule has 0 amide bonds. The molecule has 0 heterocycles. The van der Waals surface area contributed by atoms with Crippen LogP contribution in [0.25, 0.3) is 0 Å². The van der Waals surface area contributed by atoms with E-state index in [0.717, 1.165) is 12.1 Å². The van der Waals surface area contributed by atoms with Gasteiger partial charge in [0.15, 0.2) is 23.2 Å². The van der Waals surface area contributed by atoms with Gasteiger partial charge in [-0.25, -0.2) is 17.6 Å².